The molecule has 0 aliphatic heterocycles. The van der Waals surface area contributed by atoms with Gasteiger partial charge in [0.2, 0.25) is 0 Å². The molecular weight excluding hydrogens is 230 g/mol. The minimum absolute atomic E-state index is 0.0286. The van der Waals surface area contributed by atoms with E-state index in [4.69, 9.17) is 9.84 Å². The molecule has 2 aromatic rings. The highest BCUT2D eigenvalue weighted by molar-refractivity contribution is 5.85. The van der Waals surface area contributed by atoms with E-state index in [9.17, 15) is 4.79 Å². The molecule has 0 saturated heterocycles. The highest BCUT2D eigenvalue weighted by Crippen LogP contribution is 2.22. The zero-order valence-electron chi connectivity index (χ0n) is 9.96. The number of aromatic carboxylic acids is 1. The number of carboxylic acid groups (broad SMARTS) is 1. The molecule has 1 aromatic carbocycles. The fraction of sp³-hybridized carbons (Fsp3) is 0.143. The fourth-order valence-corrected chi connectivity index (χ4v) is 1.56. The Morgan fingerprint density at radius 1 is 1.28 bits per heavy atom. The number of carboxylic acids is 1. The van der Waals surface area contributed by atoms with Crippen molar-refractivity contribution in [3.8, 4) is 11.5 Å². The summed E-state index contributed by atoms with van der Waals surface area (Å²) in [5.74, 6) is 0.0929. The van der Waals surface area contributed by atoms with Crippen LogP contribution in [0.2, 0.25) is 0 Å². The summed E-state index contributed by atoms with van der Waals surface area (Å²) in [6.07, 6.45) is 2.34. The number of hydrogen-bond acceptors (Lipinski definition) is 3. The number of rotatable bonds is 4. The lowest BCUT2D eigenvalue weighted by molar-refractivity contribution is 0.0690. The zero-order chi connectivity index (χ0) is 13.0. The zero-order valence-corrected chi connectivity index (χ0v) is 9.96. The number of aryl methyl sites for hydroxylation is 1. The minimum atomic E-state index is -1.07. The smallest absolute Gasteiger partial charge is 0.354 e. The molecular formula is C14H13NO3. The molecule has 1 heterocycles. The molecule has 0 saturated carbocycles. The molecule has 0 atom stereocenters. The Morgan fingerprint density at radius 3 is 2.78 bits per heavy atom. The topological polar surface area (TPSA) is 59.4 Å². The highest BCUT2D eigenvalue weighted by atomic mass is 16.5. The second kappa shape index (κ2) is 5.31. The van der Waals surface area contributed by atoms with Crippen LogP contribution in [-0.2, 0) is 6.42 Å². The predicted molar refractivity (Wildman–Crippen MR) is 67.1 cm³/mol. The molecule has 0 aliphatic carbocycles. The van der Waals surface area contributed by atoms with Crippen molar-refractivity contribution in [2.75, 3.05) is 0 Å². The average Bonchev–Trinajstić information content (AvgIpc) is 2.39. The maximum atomic E-state index is 10.8. The van der Waals surface area contributed by atoms with E-state index in [1.54, 1.807) is 6.07 Å². The predicted octanol–water partition coefficient (Wildman–Crippen LogP) is 3.13. The van der Waals surface area contributed by atoms with Gasteiger partial charge in [-0.2, -0.15) is 0 Å². The maximum Gasteiger partial charge on any atom is 0.354 e. The van der Waals surface area contributed by atoms with Crippen molar-refractivity contribution in [2.24, 2.45) is 0 Å². The third-order valence-corrected chi connectivity index (χ3v) is 2.49. The van der Waals surface area contributed by atoms with Gasteiger partial charge < -0.3 is 9.84 Å². The van der Waals surface area contributed by atoms with Crippen molar-refractivity contribution < 1.29 is 14.6 Å². The molecule has 4 nitrogen and oxygen atoms in total. The van der Waals surface area contributed by atoms with Crippen molar-refractivity contribution >= 4 is 5.97 Å². The Hall–Kier alpha value is -2.36. The second-order valence-corrected chi connectivity index (χ2v) is 3.78. The molecule has 92 valence electrons. The Bertz CT molecular complexity index is 566. The van der Waals surface area contributed by atoms with Gasteiger partial charge in [0, 0.05) is 12.3 Å². The number of carbonyl (C=O) groups is 1. The van der Waals surface area contributed by atoms with E-state index < -0.39 is 5.97 Å². The van der Waals surface area contributed by atoms with Gasteiger partial charge in [-0.05, 0) is 30.2 Å². The van der Waals surface area contributed by atoms with Crippen LogP contribution in [0.5, 0.6) is 11.5 Å². The number of pyridine rings is 1. The maximum absolute atomic E-state index is 10.8. The van der Waals surface area contributed by atoms with Gasteiger partial charge in [-0.15, -0.1) is 0 Å². The van der Waals surface area contributed by atoms with Crippen molar-refractivity contribution in [1.29, 1.82) is 0 Å². The largest absolute Gasteiger partial charge is 0.477 e. The molecule has 0 radical (unpaired) electrons. The van der Waals surface area contributed by atoms with Crippen LogP contribution in [0.25, 0.3) is 0 Å². The number of hydrogen-bond donors (Lipinski definition) is 1. The van der Waals surface area contributed by atoms with Crippen molar-refractivity contribution in [1.82, 2.24) is 4.98 Å². The lowest BCUT2D eigenvalue weighted by Gasteiger charge is -2.07. The van der Waals surface area contributed by atoms with E-state index in [1.807, 2.05) is 24.3 Å². The third-order valence-electron chi connectivity index (χ3n) is 2.49. The highest BCUT2D eigenvalue weighted by Gasteiger charge is 2.06. The number of aromatic nitrogens is 1. The van der Waals surface area contributed by atoms with E-state index in [2.05, 4.69) is 11.9 Å². The Labute approximate surface area is 105 Å². The summed E-state index contributed by atoms with van der Waals surface area (Å²) in [6.45, 7) is 2.06. The van der Waals surface area contributed by atoms with E-state index >= 15 is 0 Å². The Morgan fingerprint density at radius 2 is 2.06 bits per heavy atom. The molecule has 18 heavy (non-hydrogen) atoms. The van der Waals surface area contributed by atoms with Gasteiger partial charge in [-0.1, -0.05) is 19.1 Å². The molecule has 0 amide bonds. The van der Waals surface area contributed by atoms with Gasteiger partial charge in [-0.25, -0.2) is 9.78 Å². The lowest BCUT2D eigenvalue weighted by Crippen LogP contribution is -1.99. The van der Waals surface area contributed by atoms with Crippen molar-refractivity contribution in [2.45, 2.75) is 13.3 Å². The second-order valence-electron chi connectivity index (χ2n) is 3.78. The monoisotopic (exact) mass is 243 g/mol. The first kappa shape index (κ1) is 12.1. The van der Waals surface area contributed by atoms with Crippen LogP contribution < -0.4 is 4.74 Å². The number of ether oxygens (including phenoxy) is 1. The first-order chi connectivity index (χ1) is 8.69. The van der Waals surface area contributed by atoms with Gasteiger partial charge in [0.1, 0.15) is 11.5 Å². The van der Waals surface area contributed by atoms with E-state index in [0.717, 1.165) is 6.42 Å². The molecule has 0 unspecified atom stereocenters. The summed E-state index contributed by atoms with van der Waals surface area (Å²) in [5.41, 5.74) is 1.14. The van der Waals surface area contributed by atoms with E-state index in [0.29, 0.717) is 11.5 Å². The summed E-state index contributed by atoms with van der Waals surface area (Å²) in [6, 6.07) is 10.7. The van der Waals surface area contributed by atoms with Crippen LogP contribution in [0.3, 0.4) is 0 Å². The Balaban J connectivity index is 2.22. The van der Waals surface area contributed by atoms with Crippen molar-refractivity contribution in [3.63, 3.8) is 0 Å². The summed E-state index contributed by atoms with van der Waals surface area (Å²) in [5, 5.41) is 8.84. The van der Waals surface area contributed by atoms with Crippen LogP contribution in [-0.4, -0.2) is 16.1 Å². The first-order valence-corrected chi connectivity index (χ1v) is 5.65. The summed E-state index contributed by atoms with van der Waals surface area (Å²) in [4.78, 5) is 14.5. The van der Waals surface area contributed by atoms with Crippen LogP contribution in [0.4, 0.5) is 0 Å². The number of benzene rings is 1. The standard InChI is InChI=1S/C14H13NO3/c1-2-10-4-3-5-11(8-10)18-12-6-7-15-13(9-12)14(16)17/h3-9H,2H2,1H3,(H,16,17). The molecule has 1 aromatic heterocycles. The molecule has 2 rings (SSSR count). The van der Waals surface area contributed by atoms with Crippen LogP contribution >= 0.6 is 0 Å². The molecule has 0 spiro atoms. The van der Waals surface area contributed by atoms with Crippen LogP contribution in [0.1, 0.15) is 23.0 Å². The fourth-order valence-electron chi connectivity index (χ4n) is 1.56. The summed E-state index contributed by atoms with van der Waals surface area (Å²) >= 11 is 0. The number of nitrogens with zero attached hydrogens (tertiary/aromatic N) is 1. The SMILES string of the molecule is CCc1cccc(Oc2ccnc(C(=O)O)c2)c1. The molecule has 0 fully saturated rings. The summed E-state index contributed by atoms with van der Waals surface area (Å²) < 4.78 is 5.61. The van der Waals surface area contributed by atoms with Gasteiger partial charge >= 0.3 is 5.97 Å². The van der Waals surface area contributed by atoms with E-state index in [-0.39, 0.29) is 5.69 Å². The quantitative estimate of drug-likeness (QED) is 0.896. The van der Waals surface area contributed by atoms with Gasteiger partial charge in [0.05, 0.1) is 0 Å². The Kier molecular flexibility index (Phi) is 3.57. The molecule has 0 bridgehead atoms. The van der Waals surface area contributed by atoms with Gasteiger partial charge in [0.25, 0.3) is 0 Å². The van der Waals surface area contributed by atoms with Crippen molar-refractivity contribution in [3.05, 3.63) is 53.9 Å². The van der Waals surface area contributed by atoms with Gasteiger partial charge in [0.15, 0.2) is 5.69 Å². The molecule has 0 aliphatic rings. The average molecular weight is 243 g/mol. The first-order valence-electron chi connectivity index (χ1n) is 5.65. The van der Waals surface area contributed by atoms with E-state index in [1.165, 1.54) is 17.8 Å². The van der Waals surface area contributed by atoms with Crippen LogP contribution in [0.15, 0.2) is 42.6 Å². The molecule has 1 N–H and O–H groups in total. The summed E-state index contributed by atoms with van der Waals surface area (Å²) in [7, 11) is 0. The lowest BCUT2D eigenvalue weighted by atomic mass is 10.2. The van der Waals surface area contributed by atoms with Crippen LogP contribution in [0, 0.1) is 0 Å². The minimum Gasteiger partial charge on any atom is -0.477 e. The third kappa shape index (κ3) is 2.85. The normalized spacial score (nSPS) is 10.1. The molecule has 4 heteroatoms. The van der Waals surface area contributed by atoms with Gasteiger partial charge in [-0.3, -0.25) is 0 Å².